The number of nitrogens with one attached hydrogen (secondary N) is 3. The van der Waals surface area contributed by atoms with Crippen LogP contribution in [-0.2, 0) is 4.74 Å². The Bertz CT molecular complexity index is 1200. The van der Waals surface area contributed by atoms with Crippen molar-refractivity contribution in [2.75, 3.05) is 38.6 Å². The molecule has 3 N–H and O–H groups in total. The van der Waals surface area contributed by atoms with Gasteiger partial charge >= 0.3 is 0 Å². The number of pyridine rings is 2. The van der Waals surface area contributed by atoms with Gasteiger partial charge in [-0.1, -0.05) is 13.8 Å². The molecule has 4 rings (SSSR count). The number of hydrogen-bond donors (Lipinski definition) is 3. The minimum atomic E-state index is 0.365. The second-order valence-electron chi connectivity index (χ2n) is 9.22. The Hall–Kier alpha value is -3.43. The topological polar surface area (TPSA) is 112 Å². The Morgan fingerprint density at radius 3 is 2.77 bits per heavy atom. The number of methoxy groups -OCH3 is 1. The van der Waals surface area contributed by atoms with Crippen LogP contribution in [0.5, 0.6) is 0 Å². The molecule has 0 atom stereocenters. The Balaban J connectivity index is 1.43. The Labute approximate surface area is 206 Å². The predicted octanol–water partition coefficient (Wildman–Crippen LogP) is 3.98. The summed E-state index contributed by atoms with van der Waals surface area (Å²) in [5.41, 5.74) is 4.78. The maximum absolute atomic E-state index is 8.27. The number of ether oxygens (including phenoxy) is 1. The van der Waals surface area contributed by atoms with Crippen LogP contribution >= 0.6 is 0 Å². The van der Waals surface area contributed by atoms with Gasteiger partial charge in [-0.15, -0.1) is 5.10 Å². The molecule has 1 fully saturated rings. The second-order valence-corrected chi connectivity index (χ2v) is 9.22. The third-order valence-electron chi connectivity index (χ3n) is 6.15. The molecule has 0 aromatic carbocycles. The van der Waals surface area contributed by atoms with E-state index in [1.807, 2.05) is 30.5 Å². The zero-order valence-electron chi connectivity index (χ0n) is 20.9. The third kappa shape index (κ3) is 6.37. The van der Waals surface area contributed by atoms with Gasteiger partial charge in [0.2, 0.25) is 0 Å². The van der Waals surface area contributed by atoms with Crippen molar-refractivity contribution in [1.29, 1.82) is 5.41 Å². The molecule has 0 saturated carbocycles. The standard InChI is InChI=1S/C26H34N8O/c1-17(2)19-11-26(33-30-13-19)32-25-7-6-23-24(31-25)10-20(12-29-23)22(18(3)27)14-28-8-5-9-34-15-21(16-34)35-4/h6-7,10-14,17,21,27-28H,5,8-9,15-16H2,1-4H3,(H,31,32,33)/b22-14+,27-18?. The van der Waals surface area contributed by atoms with Gasteiger partial charge in [0, 0.05) is 62.5 Å². The van der Waals surface area contributed by atoms with Crippen molar-refractivity contribution in [3.63, 3.8) is 0 Å². The molecule has 35 heavy (non-hydrogen) atoms. The number of rotatable bonds is 11. The van der Waals surface area contributed by atoms with Crippen LogP contribution in [0.2, 0.25) is 0 Å². The molecule has 9 heteroatoms. The van der Waals surface area contributed by atoms with Gasteiger partial charge in [0.05, 0.1) is 23.3 Å². The van der Waals surface area contributed by atoms with Crippen LogP contribution in [0.1, 0.15) is 44.2 Å². The molecule has 0 aliphatic carbocycles. The number of aromatic nitrogens is 4. The smallest absolute Gasteiger partial charge is 0.154 e. The van der Waals surface area contributed by atoms with Gasteiger partial charge in [-0.05, 0) is 49.1 Å². The van der Waals surface area contributed by atoms with Crippen molar-refractivity contribution < 1.29 is 4.74 Å². The van der Waals surface area contributed by atoms with Gasteiger partial charge in [0.1, 0.15) is 5.82 Å². The van der Waals surface area contributed by atoms with Crippen LogP contribution in [0, 0.1) is 5.41 Å². The van der Waals surface area contributed by atoms with Gasteiger partial charge in [0.15, 0.2) is 5.82 Å². The van der Waals surface area contributed by atoms with Crippen LogP contribution in [-0.4, -0.2) is 70.2 Å². The minimum absolute atomic E-state index is 0.365. The minimum Gasteiger partial charge on any atom is -0.390 e. The first kappa shape index (κ1) is 24.7. The maximum Gasteiger partial charge on any atom is 0.154 e. The van der Waals surface area contributed by atoms with Crippen LogP contribution in [0.3, 0.4) is 0 Å². The van der Waals surface area contributed by atoms with E-state index in [4.69, 9.17) is 15.1 Å². The lowest BCUT2D eigenvalue weighted by Gasteiger charge is -2.38. The number of likely N-dealkylation sites (tertiary alicyclic amines) is 1. The second kappa shape index (κ2) is 11.3. The fraction of sp³-hybridized carbons (Fsp3) is 0.423. The molecule has 0 radical (unpaired) electrons. The van der Waals surface area contributed by atoms with E-state index in [9.17, 15) is 0 Å². The van der Waals surface area contributed by atoms with E-state index in [-0.39, 0.29) is 0 Å². The lowest BCUT2D eigenvalue weighted by atomic mass is 10.0. The van der Waals surface area contributed by atoms with Gasteiger partial charge in [-0.25, -0.2) is 4.98 Å². The van der Waals surface area contributed by atoms with Crippen molar-refractivity contribution in [3.05, 3.63) is 54.0 Å². The molecule has 3 aromatic rings. The van der Waals surface area contributed by atoms with E-state index < -0.39 is 0 Å². The zero-order chi connectivity index (χ0) is 24.8. The molecule has 0 spiro atoms. The summed E-state index contributed by atoms with van der Waals surface area (Å²) in [7, 11) is 1.77. The van der Waals surface area contributed by atoms with Crippen LogP contribution in [0.4, 0.5) is 11.6 Å². The largest absolute Gasteiger partial charge is 0.390 e. The van der Waals surface area contributed by atoms with E-state index in [0.29, 0.717) is 29.4 Å². The molecule has 3 aromatic heterocycles. The summed E-state index contributed by atoms with van der Waals surface area (Å²) in [5.74, 6) is 1.69. The summed E-state index contributed by atoms with van der Waals surface area (Å²) >= 11 is 0. The van der Waals surface area contributed by atoms with Gasteiger partial charge < -0.3 is 20.8 Å². The summed E-state index contributed by atoms with van der Waals surface area (Å²) in [6.07, 6.45) is 6.91. The van der Waals surface area contributed by atoms with Gasteiger partial charge in [-0.2, -0.15) is 5.10 Å². The van der Waals surface area contributed by atoms with E-state index in [1.165, 1.54) is 0 Å². The molecule has 0 unspecified atom stereocenters. The molecule has 1 aliphatic heterocycles. The highest BCUT2D eigenvalue weighted by Crippen LogP contribution is 2.22. The molecule has 184 valence electrons. The fourth-order valence-corrected chi connectivity index (χ4v) is 3.95. The monoisotopic (exact) mass is 474 g/mol. The first-order chi connectivity index (χ1) is 16.9. The lowest BCUT2D eigenvalue weighted by Crippen LogP contribution is -2.52. The lowest BCUT2D eigenvalue weighted by molar-refractivity contribution is -0.0292. The molecular weight excluding hydrogens is 440 g/mol. The number of anilines is 2. The Kier molecular flexibility index (Phi) is 7.99. The van der Waals surface area contributed by atoms with Crippen LogP contribution < -0.4 is 10.6 Å². The number of fused-ring (bicyclic) bond motifs is 1. The first-order valence-corrected chi connectivity index (χ1v) is 12.0. The molecule has 0 bridgehead atoms. The average molecular weight is 475 g/mol. The van der Waals surface area contributed by atoms with Crippen molar-refractivity contribution in [2.45, 2.75) is 39.2 Å². The highest BCUT2D eigenvalue weighted by atomic mass is 16.5. The van der Waals surface area contributed by atoms with Crippen LogP contribution in [0.15, 0.2) is 42.9 Å². The summed E-state index contributed by atoms with van der Waals surface area (Å²) in [4.78, 5) is 11.7. The van der Waals surface area contributed by atoms with E-state index in [0.717, 1.165) is 60.3 Å². The predicted molar refractivity (Wildman–Crippen MR) is 140 cm³/mol. The summed E-state index contributed by atoms with van der Waals surface area (Å²) in [6.45, 7) is 9.94. The maximum atomic E-state index is 8.27. The van der Waals surface area contributed by atoms with Crippen molar-refractivity contribution in [2.24, 2.45) is 0 Å². The first-order valence-electron chi connectivity index (χ1n) is 12.0. The quantitative estimate of drug-likeness (QED) is 0.283. The summed E-state index contributed by atoms with van der Waals surface area (Å²) in [5, 5.41) is 23.1. The average Bonchev–Trinajstić information content (AvgIpc) is 2.82. The van der Waals surface area contributed by atoms with Crippen LogP contribution in [0.25, 0.3) is 16.6 Å². The summed E-state index contributed by atoms with van der Waals surface area (Å²) < 4.78 is 5.32. The SMILES string of the molecule is COC1CN(CCCN/C=C(\C(C)=N)c2cnc3ccc(Nc4cc(C(C)C)cnn4)nc3c2)C1. The van der Waals surface area contributed by atoms with E-state index >= 15 is 0 Å². The van der Waals surface area contributed by atoms with E-state index in [1.54, 1.807) is 26.4 Å². The molecule has 4 heterocycles. The summed E-state index contributed by atoms with van der Waals surface area (Å²) in [6, 6.07) is 7.77. The Morgan fingerprint density at radius 2 is 2.03 bits per heavy atom. The number of hydrogen-bond acceptors (Lipinski definition) is 9. The van der Waals surface area contributed by atoms with Crippen molar-refractivity contribution in [3.8, 4) is 0 Å². The van der Waals surface area contributed by atoms with Gasteiger partial charge in [-0.3, -0.25) is 9.88 Å². The molecule has 1 aliphatic rings. The van der Waals surface area contributed by atoms with Gasteiger partial charge in [0.25, 0.3) is 0 Å². The molecule has 9 nitrogen and oxygen atoms in total. The highest BCUT2D eigenvalue weighted by molar-refractivity contribution is 6.21. The van der Waals surface area contributed by atoms with Crippen molar-refractivity contribution >= 4 is 34.0 Å². The molecule has 0 amide bonds. The molecule has 1 saturated heterocycles. The number of nitrogens with zero attached hydrogens (tertiary/aromatic N) is 5. The third-order valence-corrected chi connectivity index (χ3v) is 6.15. The van der Waals surface area contributed by atoms with E-state index in [2.05, 4.69) is 44.6 Å². The highest BCUT2D eigenvalue weighted by Gasteiger charge is 2.25. The normalized spacial score (nSPS) is 14.8. The fourth-order valence-electron chi connectivity index (χ4n) is 3.95. The zero-order valence-corrected chi connectivity index (χ0v) is 20.9. The number of allylic oxidation sites excluding steroid dienone is 1. The van der Waals surface area contributed by atoms with Crippen molar-refractivity contribution in [1.82, 2.24) is 30.4 Å². The molecular formula is C26H34N8O. The Morgan fingerprint density at radius 1 is 1.20 bits per heavy atom.